The molecule has 1 atom stereocenters. The zero-order valence-electron chi connectivity index (χ0n) is 9.73. The first-order chi connectivity index (χ1) is 7.83. The molecule has 0 heterocycles. The first-order valence-electron chi connectivity index (χ1n) is 6.02. The third-order valence-electron chi connectivity index (χ3n) is 2.74. The lowest BCUT2D eigenvalue weighted by Crippen LogP contribution is -2.16. The Bertz CT molecular complexity index is 313. The van der Waals surface area contributed by atoms with Gasteiger partial charge in [0.2, 0.25) is 0 Å². The van der Waals surface area contributed by atoms with Crippen LogP contribution in [0.1, 0.15) is 37.7 Å². The van der Waals surface area contributed by atoms with Crippen molar-refractivity contribution in [3.63, 3.8) is 0 Å². The van der Waals surface area contributed by atoms with Crippen LogP contribution in [0, 0.1) is 11.3 Å². The second-order valence-corrected chi connectivity index (χ2v) is 4.17. The largest absolute Gasteiger partial charge is 0.316 e. The topological polar surface area (TPSA) is 49.8 Å². The third kappa shape index (κ3) is 5.53. The van der Waals surface area contributed by atoms with Crippen molar-refractivity contribution in [1.82, 2.24) is 0 Å². The van der Waals surface area contributed by atoms with E-state index < -0.39 is 0 Å². The van der Waals surface area contributed by atoms with Crippen LogP contribution >= 0.6 is 0 Å². The molecule has 0 fully saturated rings. The summed E-state index contributed by atoms with van der Waals surface area (Å²) in [6, 6.07) is 12.4. The van der Waals surface area contributed by atoms with Gasteiger partial charge in [-0.25, -0.2) is 0 Å². The van der Waals surface area contributed by atoms with Crippen LogP contribution in [0.5, 0.6) is 0 Å². The van der Waals surface area contributed by atoms with Crippen molar-refractivity contribution in [2.75, 3.05) is 0 Å². The number of hydrogen-bond acceptors (Lipinski definition) is 2. The molecule has 2 heteroatoms. The van der Waals surface area contributed by atoms with E-state index in [4.69, 9.17) is 11.0 Å². The van der Waals surface area contributed by atoms with Gasteiger partial charge in [-0.05, 0) is 24.8 Å². The van der Waals surface area contributed by atoms with Crippen molar-refractivity contribution in [2.24, 2.45) is 5.73 Å². The minimum Gasteiger partial charge on any atom is -0.316 e. The zero-order valence-corrected chi connectivity index (χ0v) is 9.73. The Morgan fingerprint density at radius 3 is 2.44 bits per heavy atom. The van der Waals surface area contributed by atoms with E-state index in [1.165, 1.54) is 24.8 Å². The van der Waals surface area contributed by atoms with Crippen LogP contribution in [0.3, 0.4) is 0 Å². The molecule has 1 aromatic rings. The normalized spacial score (nSPS) is 12.0. The number of hydrogen-bond donors (Lipinski definition) is 1. The molecule has 0 aromatic heterocycles. The van der Waals surface area contributed by atoms with Crippen molar-refractivity contribution in [1.29, 1.82) is 5.26 Å². The molecule has 1 rings (SSSR count). The highest BCUT2D eigenvalue weighted by atomic mass is 14.6. The summed E-state index contributed by atoms with van der Waals surface area (Å²) in [5, 5.41) is 8.51. The quantitative estimate of drug-likeness (QED) is 0.712. The molecular formula is C14H20N2. The highest BCUT2D eigenvalue weighted by Crippen LogP contribution is 2.09. The molecule has 0 aliphatic rings. The number of aryl methyl sites for hydroxylation is 1. The van der Waals surface area contributed by atoms with E-state index in [2.05, 4.69) is 30.3 Å². The smallest absolute Gasteiger partial charge is 0.0928 e. The van der Waals surface area contributed by atoms with Gasteiger partial charge in [-0.3, -0.25) is 0 Å². The highest BCUT2D eigenvalue weighted by molar-refractivity contribution is 5.14. The molecule has 0 radical (unpaired) electrons. The van der Waals surface area contributed by atoms with Gasteiger partial charge < -0.3 is 5.73 Å². The third-order valence-corrected chi connectivity index (χ3v) is 2.74. The fraction of sp³-hybridized carbons (Fsp3) is 0.500. The summed E-state index contributed by atoms with van der Waals surface area (Å²) in [6.45, 7) is 0. The van der Waals surface area contributed by atoms with Crippen LogP contribution in [0.4, 0.5) is 0 Å². The molecule has 0 amide bonds. The fourth-order valence-electron chi connectivity index (χ4n) is 1.76. The van der Waals surface area contributed by atoms with E-state index in [9.17, 15) is 0 Å². The fourth-order valence-corrected chi connectivity index (χ4v) is 1.76. The van der Waals surface area contributed by atoms with Crippen molar-refractivity contribution in [3.8, 4) is 6.07 Å². The Balaban J connectivity index is 1.99. The first kappa shape index (κ1) is 12.7. The van der Waals surface area contributed by atoms with Gasteiger partial charge in [0.25, 0.3) is 0 Å². The summed E-state index contributed by atoms with van der Waals surface area (Å²) in [4.78, 5) is 0. The van der Waals surface area contributed by atoms with Crippen molar-refractivity contribution in [2.45, 2.75) is 44.6 Å². The van der Waals surface area contributed by atoms with Crippen LogP contribution in [0.2, 0.25) is 0 Å². The summed E-state index contributed by atoms with van der Waals surface area (Å²) < 4.78 is 0. The van der Waals surface area contributed by atoms with E-state index in [0.717, 1.165) is 19.3 Å². The van der Waals surface area contributed by atoms with E-state index in [1.807, 2.05) is 6.07 Å². The highest BCUT2D eigenvalue weighted by Gasteiger charge is 1.98. The summed E-state index contributed by atoms with van der Waals surface area (Å²) in [5.74, 6) is 0. The van der Waals surface area contributed by atoms with Crippen molar-refractivity contribution >= 4 is 0 Å². The molecule has 1 aromatic carbocycles. The monoisotopic (exact) mass is 216 g/mol. The number of nitriles is 1. The lowest BCUT2D eigenvalue weighted by Gasteiger charge is -2.03. The average Bonchev–Trinajstić information content (AvgIpc) is 2.34. The molecule has 2 N–H and O–H groups in total. The Hall–Kier alpha value is -1.33. The molecule has 0 saturated carbocycles. The van der Waals surface area contributed by atoms with Crippen LogP contribution in [0.25, 0.3) is 0 Å². The predicted octanol–water partition coefficient (Wildman–Crippen LogP) is 3.03. The van der Waals surface area contributed by atoms with Gasteiger partial charge in [0.05, 0.1) is 12.1 Å². The maximum Gasteiger partial charge on any atom is 0.0928 e. The predicted molar refractivity (Wildman–Crippen MR) is 66.8 cm³/mol. The average molecular weight is 216 g/mol. The molecular weight excluding hydrogens is 196 g/mol. The van der Waals surface area contributed by atoms with Gasteiger partial charge in [-0.15, -0.1) is 0 Å². The van der Waals surface area contributed by atoms with Gasteiger partial charge in [-0.1, -0.05) is 49.6 Å². The van der Waals surface area contributed by atoms with Crippen molar-refractivity contribution < 1.29 is 0 Å². The standard InChI is InChI=1S/C14H20N2/c15-12-14(16)11-7-2-1-4-8-13-9-5-3-6-10-13/h3,5-6,9-10,14H,1-2,4,7-8,11,16H2. The number of nitrogens with two attached hydrogens (primary N) is 1. The molecule has 0 aliphatic heterocycles. The molecule has 86 valence electrons. The minimum atomic E-state index is -0.269. The molecule has 16 heavy (non-hydrogen) atoms. The van der Waals surface area contributed by atoms with Gasteiger partial charge in [0.15, 0.2) is 0 Å². The lowest BCUT2D eigenvalue weighted by atomic mass is 10.0. The molecule has 2 nitrogen and oxygen atoms in total. The Kier molecular flexibility index (Phi) is 6.29. The molecule has 0 aliphatic carbocycles. The van der Waals surface area contributed by atoms with Gasteiger partial charge in [0, 0.05) is 0 Å². The summed E-state index contributed by atoms with van der Waals surface area (Å²) in [7, 11) is 0. The van der Waals surface area contributed by atoms with Crippen molar-refractivity contribution in [3.05, 3.63) is 35.9 Å². The van der Waals surface area contributed by atoms with E-state index >= 15 is 0 Å². The van der Waals surface area contributed by atoms with Crippen LogP contribution in [0.15, 0.2) is 30.3 Å². The number of nitrogens with zero attached hydrogens (tertiary/aromatic N) is 1. The summed E-state index contributed by atoms with van der Waals surface area (Å²) in [5.41, 5.74) is 6.93. The Morgan fingerprint density at radius 1 is 1.06 bits per heavy atom. The molecule has 0 spiro atoms. The number of unbranched alkanes of at least 4 members (excludes halogenated alkanes) is 3. The lowest BCUT2D eigenvalue weighted by molar-refractivity contribution is 0.591. The van der Waals surface area contributed by atoms with Gasteiger partial charge in [0.1, 0.15) is 0 Å². The summed E-state index contributed by atoms with van der Waals surface area (Å²) >= 11 is 0. The zero-order chi connectivity index (χ0) is 11.6. The molecule has 1 unspecified atom stereocenters. The maximum absolute atomic E-state index is 8.51. The second kappa shape index (κ2) is 7.90. The number of benzene rings is 1. The van der Waals surface area contributed by atoms with Crippen LogP contribution < -0.4 is 5.73 Å². The van der Waals surface area contributed by atoms with E-state index in [1.54, 1.807) is 0 Å². The number of rotatable bonds is 7. The minimum absolute atomic E-state index is 0.269. The van der Waals surface area contributed by atoms with Gasteiger partial charge in [-0.2, -0.15) is 5.26 Å². The Morgan fingerprint density at radius 2 is 1.75 bits per heavy atom. The first-order valence-corrected chi connectivity index (χ1v) is 6.02. The molecule has 0 saturated heterocycles. The molecule has 0 bridgehead atoms. The van der Waals surface area contributed by atoms with Gasteiger partial charge >= 0.3 is 0 Å². The van der Waals surface area contributed by atoms with Crippen LogP contribution in [-0.4, -0.2) is 6.04 Å². The maximum atomic E-state index is 8.51. The second-order valence-electron chi connectivity index (χ2n) is 4.17. The van der Waals surface area contributed by atoms with Crippen LogP contribution in [-0.2, 0) is 6.42 Å². The van der Waals surface area contributed by atoms with E-state index in [-0.39, 0.29) is 6.04 Å². The Labute approximate surface area is 98.1 Å². The summed E-state index contributed by atoms with van der Waals surface area (Å²) in [6.07, 6.45) is 6.71. The van der Waals surface area contributed by atoms with E-state index in [0.29, 0.717) is 0 Å². The SMILES string of the molecule is N#CC(N)CCCCCCc1ccccc1.